The van der Waals surface area contributed by atoms with Gasteiger partial charge < -0.3 is 15.4 Å². The normalized spacial score (nSPS) is 9.82. The summed E-state index contributed by atoms with van der Waals surface area (Å²) < 4.78 is 4.88. The number of halogens is 1. The van der Waals surface area contributed by atoms with Crippen LogP contribution in [0.5, 0.6) is 6.01 Å². The zero-order valence-electron chi connectivity index (χ0n) is 9.79. The molecule has 0 fully saturated rings. The first kappa shape index (κ1) is 13.5. The molecule has 1 rings (SSSR count). The molecule has 0 radical (unpaired) electrons. The predicted molar refractivity (Wildman–Crippen MR) is 65.4 cm³/mol. The van der Waals surface area contributed by atoms with Crippen molar-refractivity contribution >= 4 is 23.3 Å². The Kier molecular flexibility index (Phi) is 5.48. The molecule has 17 heavy (non-hydrogen) atoms. The fraction of sp³-hybridized carbons (Fsp3) is 0.500. The van der Waals surface area contributed by atoms with Crippen molar-refractivity contribution in [3.05, 3.63) is 11.2 Å². The Hall–Kier alpha value is -1.56. The van der Waals surface area contributed by atoms with Crippen LogP contribution in [0.1, 0.15) is 13.3 Å². The van der Waals surface area contributed by atoms with Gasteiger partial charge in [0.15, 0.2) is 5.82 Å². The first-order valence-corrected chi connectivity index (χ1v) is 5.62. The first-order valence-electron chi connectivity index (χ1n) is 5.24. The molecule has 1 aromatic rings. The number of hydrogen-bond acceptors (Lipinski definition) is 5. The van der Waals surface area contributed by atoms with E-state index >= 15 is 0 Å². The van der Waals surface area contributed by atoms with Crippen LogP contribution >= 0.6 is 11.6 Å². The summed E-state index contributed by atoms with van der Waals surface area (Å²) in [5, 5.41) is 6.04. The number of rotatable bonds is 6. The van der Waals surface area contributed by atoms with Gasteiger partial charge in [-0.05, 0) is 6.92 Å². The second kappa shape index (κ2) is 6.90. The molecule has 0 unspecified atom stereocenters. The molecular formula is C10H15ClN4O2. The van der Waals surface area contributed by atoms with E-state index in [9.17, 15) is 4.79 Å². The van der Waals surface area contributed by atoms with Gasteiger partial charge >= 0.3 is 6.01 Å². The third kappa shape index (κ3) is 4.44. The summed E-state index contributed by atoms with van der Waals surface area (Å²) in [6, 6.07) is 0.231. The van der Waals surface area contributed by atoms with E-state index in [0.29, 0.717) is 30.4 Å². The molecule has 94 valence electrons. The Morgan fingerprint density at radius 3 is 3.00 bits per heavy atom. The van der Waals surface area contributed by atoms with Crippen molar-refractivity contribution < 1.29 is 9.53 Å². The van der Waals surface area contributed by atoms with Crippen molar-refractivity contribution in [2.24, 2.45) is 0 Å². The Balaban J connectivity index is 2.48. The van der Waals surface area contributed by atoms with Gasteiger partial charge in [0.2, 0.25) is 5.91 Å². The highest BCUT2D eigenvalue weighted by molar-refractivity contribution is 6.32. The third-order valence-electron chi connectivity index (χ3n) is 1.92. The summed E-state index contributed by atoms with van der Waals surface area (Å²) in [5.41, 5.74) is 0. The largest absolute Gasteiger partial charge is 0.467 e. The molecule has 0 aliphatic rings. The lowest BCUT2D eigenvalue weighted by atomic mass is 10.4. The van der Waals surface area contributed by atoms with Crippen molar-refractivity contribution in [3.63, 3.8) is 0 Å². The quantitative estimate of drug-likeness (QED) is 0.798. The van der Waals surface area contributed by atoms with Crippen LogP contribution in [0.4, 0.5) is 5.82 Å². The van der Waals surface area contributed by atoms with Gasteiger partial charge in [-0.25, -0.2) is 4.98 Å². The minimum Gasteiger partial charge on any atom is -0.467 e. The van der Waals surface area contributed by atoms with Gasteiger partial charge in [-0.3, -0.25) is 4.79 Å². The Morgan fingerprint density at radius 2 is 2.35 bits per heavy atom. The molecule has 0 bridgehead atoms. The number of anilines is 1. The van der Waals surface area contributed by atoms with Gasteiger partial charge in [0.25, 0.3) is 0 Å². The first-order chi connectivity index (χ1) is 8.17. The zero-order chi connectivity index (χ0) is 12.7. The third-order valence-corrected chi connectivity index (χ3v) is 2.20. The number of carbonyl (C=O) groups excluding carboxylic acids is 1. The molecule has 1 heterocycles. The van der Waals surface area contributed by atoms with Gasteiger partial charge in [0.1, 0.15) is 5.02 Å². The molecular weight excluding hydrogens is 244 g/mol. The van der Waals surface area contributed by atoms with Crippen molar-refractivity contribution in [1.29, 1.82) is 0 Å². The average Bonchev–Trinajstić information content (AvgIpc) is 2.32. The Labute approximate surface area is 105 Å². The average molecular weight is 259 g/mol. The number of nitrogens with one attached hydrogen (secondary N) is 2. The molecule has 0 atom stereocenters. The summed E-state index contributed by atoms with van der Waals surface area (Å²) in [6.45, 7) is 2.95. The summed E-state index contributed by atoms with van der Waals surface area (Å²) in [5.74, 6) is 0.444. The maximum absolute atomic E-state index is 11.2. The molecule has 7 heteroatoms. The van der Waals surface area contributed by atoms with Crippen molar-refractivity contribution in [2.75, 3.05) is 25.5 Å². The van der Waals surface area contributed by atoms with Crippen LogP contribution in [-0.2, 0) is 4.79 Å². The van der Waals surface area contributed by atoms with Crippen molar-refractivity contribution in [3.8, 4) is 6.01 Å². The molecule has 0 spiro atoms. The van der Waals surface area contributed by atoms with Crippen LogP contribution in [0, 0.1) is 0 Å². The number of ether oxygens (including phenoxy) is 1. The lowest BCUT2D eigenvalue weighted by Gasteiger charge is -2.07. The summed E-state index contributed by atoms with van der Waals surface area (Å²) >= 11 is 5.89. The fourth-order valence-corrected chi connectivity index (χ4v) is 1.31. The molecule has 1 aromatic heterocycles. The molecule has 0 aromatic carbocycles. The van der Waals surface area contributed by atoms with Gasteiger partial charge in [0.05, 0.1) is 13.3 Å². The number of methoxy groups -OCH3 is 1. The number of amides is 1. The standard InChI is InChI=1S/C10H15ClN4O2/c1-3-12-8(16)4-5-13-9-7(11)6-14-10(15-9)17-2/h6H,3-5H2,1-2H3,(H,12,16)(H,13,14,15). The van der Waals surface area contributed by atoms with Crippen LogP contribution in [0.3, 0.4) is 0 Å². The van der Waals surface area contributed by atoms with E-state index in [1.165, 1.54) is 13.3 Å². The molecule has 0 saturated heterocycles. The highest BCUT2D eigenvalue weighted by Gasteiger charge is 2.06. The lowest BCUT2D eigenvalue weighted by Crippen LogP contribution is -2.24. The Morgan fingerprint density at radius 1 is 1.59 bits per heavy atom. The predicted octanol–water partition coefficient (Wildman–Crippen LogP) is 1.08. The topological polar surface area (TPSA) is 76.1 Å². The van der Waals surface area contributed by atoms with Crippen LogP contribution in [0.25, 0.3) is 0 Å². The number of hydrogen-bond donors (Lipinski definition) is 2. The number of nitrogens with zero attached hydrogens (tertiary/aromatic N) is 2. The van der Waals surface area contributed by atoms with E-state index in [1.54, 1.807) is 0 Å². The van der Waals surface area contributed by atoms with E-state index < -0.39 is 0 Å². The highest BCUT2D eigenvalue weighted by atomic mass is 35.5. The van der Waals surface area contributed by atoms with Gasteiger partial charge in [-0.1, -0.05) is 11.6 Å². The van der Waals surface area contributed by atoms with Crippen molar-refractivity contribution in [1.82, 2.24) is 15.3 Å². The molecule has 1 amide bonds. The van der Waals surface area contributed by atoms with Crippen LogP contribution < -0.4 is 15.4 Å². The lowest BCUT2D eigenvalue weighted by molar-refractivity contribution is -0.120. The Bertz CT molecular complexity index is 387. The minimum absolute atomic E-state index is 0.0165. The number of carbonyl (C=O) groups is 1. The summed E-state index contributed by atoms with van der Waals surface area (Å²) in [4.78, 5) is 19.1. The second-order valence-corrected chi connectivity index (χ2v) is 3.59. The maximum atomic E-state index is 11.2. The van der Waals surface area contributed by atoms with Gasteiger partial charge in [-0.2, -0.15) is 4.98 Å². The highest BCUT2D eigenvalue weighted by Crippen LogP contribution is 2.19. The smallest absolute Gasteiger partial charge is 0.318 e. The summed E-state index contributed by atoms with van der Waals surface area (Å²) in [7, 11) is 1.47. The molecule has 0 saturated carbocycles. The van der Waals surface area contributed by atoms with Gasteiger partial charge in [0, 0.05) is 19.5 Å². The van der Waals surface area contributed by atoms with Crippen LogP contribution in [-0.4, -0.2) is 36.1 Å². The van der Waals surface area contributed by atoms with E-state index in [4.69, 9.17) is 16.3 Å². The second-order valence-electron chi connectivity index (χ2n) is 3.18. The number of aromatic nitrogens is 2. The maximum Gasteiger partial charge on any atom is 0.318 e. The van der Waals surface area contributed by atoms with E-state index in [0.717, 1.165) is 0 Å². The molecule has 6 nitrogen and oxygen atoms in total. The van der Waals surface area contributed by atoms with Crippen LogP contribution in [0.2, 0.25) is 5.02 Å². The zero-order valence-corrected chi connectivity index (χ0v) is 10.5. The molecule has 2 N–H and O–H groups in total. The van der Waals surface area contributed by atoms with E-state index in [2.05, 4.69) is 20.6 Å². The van der Waals surface area contributed by atoms with Crippen LogP contribution in [0.15, 0.2) is 6.20 Å². The minimum atomic E-state index is -0.0165. The SMILES string of the molecule is CCNC(=O)CCNc1nc(OC)ncc1Cl. The monoisotopic (exact) mass is 258 g/mol. The van der Waals surface area contributed by atoms with E-state index in [1.807, 2.05) is 6.92 Å². The summed E-state index contributed by atoms with van der Waals surface area (Å²) in [6.07, 6.45) is 1.80. The molecule has 0 aliphatic heterocycles. The van der Waals surface area contributed by atoms with Crippen molar-refractivity contribution in [2.45, 2.75) is 13.3 Å². The molecule has 0 aliphatic carbocycles. The van der Waals surface area contributed by atoms with Gasteiger partial charge in [-0.15, -0.1) is 0 Å². The fourth-order valence-electron chi connectivity index (χ4n) is 1.15. The van der Waals surface area contributed by atoms with E-state index in [-0.39, 0.29) is 11.9 Å².